The van der Waals surface area contributed by atoms with Crippen LogP contribution in [0.15, 0.2) is 42.5 Å². The minimum absolute atomic E-state index is 0.0116. The predicted octanol–water partition coefficient (Wildman–Crippen LogP) is 1.93. The van der Waals surface area contributed by atoms with Crippen molar-refractivity contribution in [2.24, 2.45) is 0 Å². The zero-order valence-electron chi connectivity index (χ0n) is 14.9. The zero-order chi connectivity index (χ0) is 18.4. The van der Waals surface area contributed by atoms with Gasteiger partial charge in [0.05, 0.1) is 7.11 Å². The van der Waals surface area contributed by atoms with Crippen molar-refractivity contribution in [1.82, 2.24) is 4.90 Å². The first-order valence-corrected chi connectivity index (χ1v) is 8.25. The molecule has 0 aromatic heterocycles. The maximum absolute atomic E-state index is 11.3. The topological polar surface area (TPSA) is 72.8 Å². The Morgan fingerprint density at radius 3 is 2.56 bits per heavy atom. The summed E-state index contributed by atoms with van der Waals surface area (Å²) in [5, 5.41) is 21.3. The van der Waals surface area contributed by atoms with Crippen LogP contribution >= 0.6 is 0 Å². The van der Waals surface area contributed by atoms with Gasteiger partial charge in [-0.05, 0) is 42.3 Å². The second kappa shape index (κ2) is 8.53. The van der Waals surface area contributed by atoms with Crippen LogP contribution in [0.5, 0.6) is 11.5 Å². The molecule has 0 aliphatic heterocycles. The van der Waals surface area contributed by atoms with Crippen molar-refractivity contribution in [3.05, 3.63) is 59.2 Å². The quantitative estimate of drug-likeness (QED) is 0.793. The number of likely N-dealkylation sites (N-methyl/N-ethyl adjacent to an activating group) is 1. The van der Waals surface area contributed by atoms with Gasteiger partial charge in [-0.1, -0.05) is 37.3 Å². The van der Waals surface area contributed by atoms with E-state index in [2.05, 4.69) is 17.0 Å². The summed E-state index contributed by atoms with van der Waals surface area (Å²) in [6, 6.07) is 13.3. The first-order valence-electron chi connectivity index (χ1n) is 8.25. The van der Waals surface area contributed by atoms with Crippen LogP contribution in [0.1, 0.15) is 29.5 Å². The van der Waals surface area contributed by atoms with Gasteiger partial charge in [-0.15, -0.1) is 0 Å². The Morgan fingerprint density at radius 1 is 1.28 bits per heavy atom. The van der Waals surface area contributed by atoms with Crippen LogP contribution in [0.4, 0.5) is 0 Å². The fourth-order valence-corrected chi connectivity index (χ4v) is 2.82. The van der Waals surface area contributed by atoms with Gasteiger partial charge in [-0.3, -0.25) is 0 Å². The monoisotopic (exact) mass is 342 g/mol. The molecule has 2 rings (SSSR count). The van der Waals surface area contributed by atoms with Gasteiger partial charge in [-0.25, -0.2) is 0 Å². The van der Waals surface area contributed by atoms with E-state index in [1.165, 1.54) is 12.7 Å². The van der Waals surface area contributed by atoms with Gasteiger partial charge in [0, 0.05) is 25.0 Å². The molecule has 0 heterocycles. The highest BCUT2D eigenvalue weighted by Gasteiger charge is 2.16. The number of phenols is 1. The van der Waals surface area contributed by atoms with E-state index < -0.39 is 11.9 Å². The number of aliphatic carboxylic acids is 1. The molecule has 2 aromatic carbocycles. The number of carbonyl (C=O) groups is 1. The van der Waals surface area contributed by atoms with Crippen molar-refractivity contribution in [2.45, 2.75) is 25.8 Å². The number of nitrogens with zero attached hydrogens (tertiary/aromatic N) is 1. The molecule has 1 unspecified atom stereocenters. The van der Waals surface area contributed by atoms with Crippen molar-refractivity contribution in [1.29, 1.82) is 0 Å². The lowest BCUT2D eigenvalue weighted by molar-refractivity contribution is -0.307. The molecule has 134 valence electrons. The molecule has 5 heteroatoms. The molecule has 0 saturated heterocycles. The molecule has 0 saturated carbocycles. The van der Waals surface area contributed by atoms with E-state index in [9.17, 15) is 15.0 Å². The van der Waals surface area contributed by atoms with Crippen LogP contribution in [0, 0.1) is 0 Å². The van der Waals surface area contributed by atoms with Gasteiger partial charge in [0.1, 0.15) is 0 Å². The number of hydrogen-bond donors (Lipinski definition) is 1. The Kier molecular flexibility index (Phi) is 6.42. The standard InChI is InChI=1S/C20H25NO4/c1-14(20(23)24)17-12-19(25-3)18(22)11-16(17)9-10-21(2)13-15-7-5-4-6-8-15/h4-8,11-12,14,22H,9-10,13H2,1-3H3,(H,23,24)/p-1. The number of hydrogen-bond acceptors (Lipinski definition) is 5. The van der Waals surface area contributed by atoms with Crippen LogP contribution in [0.25, 0.3) is 0 Å². The third kappa shape index (κ3) is 4.97. The number of methoxy groups -OCH3 is 1. The van der Waals surface area contributed by atoms with Gasteiger partial charge in [0.2, 0.25) is 0 Å². The molecular weight excluding hydrogens is 318 g/mol. The van der Waals surface area contributed by atoms with Crippen LogP contribution in [0.3, 0.4) is 0 Å². The molecule has 5 nitrogen and oxygen atoms in total. The lowest BCUT2D eigenvalue weighted by atomic mass is 9.93. The molecular formula is C20H24NO4-. The Morgan fingerprint density at radius 2 is 1.96 bits per heavy atom. The summed E-state index contributed by atoms with van der Waals surface area (Å²) in [6.07, 6.45) is 0.619. The lowest BCUT2D eigenvalue weighted by Crippen LogP contribution is -2.29. The van der Waals surface area contributed by atoms with Crippen LogP contribution in [-0.4, -0.2) is 36.7 Å². The third-order valence-electron chi connectivity index (χ3n) is 4.32. The maximum Gasteiger partial charge on any atom is 0.160 e. The second-order valence-electron chi connectivity index (χ2n) is 6.24. The smallest absolute Gasteiger partial charge is 0.160 e. The minimum Gasteiger partial charge on any atom is -0.550 e. The van der Waals surface area contributed by atoms with Crippen molar-refractivity contribution in [3.63, 3.8) is 0 Å². The van der Waals surface area contributed by atoms with E-state index in [1.54, 1.807) is 19.1 Å². The second-order valence-corrected chi connectivity index (χ2v) is 6.24. The van der Waals surface area contributed by atoms with Crippen molar-refractivity contribution in [3.8, 4) is 11.5 Å². The fourth-order valence-electron chi connectivity index (χ4n) is 2.82. The normalized spacial score (nSPS) is 12.2. The largest absolute Gasteiger partial charge is 0.550 e. The number of aromatic hydroxyl groups is 1. The fraction of sp³-hybridized carbons (Fsp3) is 0.350. The van der Waals surface area contributed by atoms with Gasteiger partial charge in [0.25, 0.3) is 0 Å². The number of rotatable bonds is 8. The van der Waals surface area contributed by atoms with Crippen molar-refractivity contribution >= 4 is 5.97 Å². The number of phenolic OH excluding ortho intramolecular Hbond substituents is 1. The molecule has 0 spiro atoms. The molecule has 0 amide bonds. The highest BCUT2D eigenvalue weighted by molar-refractivity contribution is 5.74. The highest BCUT2D eigenvalue weighted by Crippen LogP contribution is 2.33. The molecule has 0 aliphatic carbocycles. The average molecular weight is 342 g/mol. The van der Waals surface area contributed by atoms with Crippen LogP contribution in [0.2, 0.25) is 0 Å². The van der Waals surface area contributed by atoms with E-state index in [1.807, 2.05) is 25.2 Å². The summed E-state index contributed by atoms with van der Waals surface area (Å²) in [5.41, 5.74) is 2.61. The molecule has 25 heavy (non-hydrogen) atoms. The predicted molar refractivity (Wildman–Crippen MR) is 94.6 cm³/mol. The van der Waals surface area contributed by atoms with Crippen molar-refractivity contribution < 1.29 is 19.7 Å². The SMILES string of the molecule is COc1cc(C(C)C(=O)[O-])c(CCN(C)Cc2ccccc2)cc1O. The summed E-state index contributed by atoms with van der Waals surface area (Å²) < 4.78 is 5.10. The molecule has 0 fully saturated rings. The Bertz CT molecular complexity index is 715. The van der Waals surface area contributed by atoms with Crippen LogP contribution < -0.4 is 9.84 Å². The number of carboxylic acids is 1. The molecule has 1 N–H and O–H groups in total. The van der Waals surface area contributed by atoms with Gasteiger partial charge in [0.15, 0.2) is 11.5 Å². The van der Waals surface area contributed by atoms with Crippen molar-refractivity contribution in [2.75, 3.05) is 20.7 Å². The van der Waals surface area contributed by atoms with E-state index in [0.717, 1.165) is 18.7 Å². The molecule has 0 aliphatic rings. The van der Waals surface area contributed by atoms with Gasteiger partial charge < -0.3 is 24.6 Å². The summed E-state index contributed by atoms with van der Waals surface area (Å²) in [6.45, 7) is 3.11. The molecule has 2 aromatic rings. The van der Waals surface area contributed by atoms with E-state index >= 15 is 0 Å². The zero-order valence-corrected chi connectivity index (χ0v) is 14.9. The minimum atomic E-state index is -1.15. The first-order chi connectivity index (χ1) is 11.9. The Balaban J connectivity index is 2.14. The van der Waals surface area contributed by atoms with Gasteiger partial charge >= 0.3 is 0 Å². The molecule has 0 radical (unpaired) electrons. The Labute approximate surface area is 148 Å². The Hall–Kier alpha value is -2.53. The molecule has 1 atom stereocenters. The maximum atomic E-state index is 11.3. The first kappa shape index (κ1) is 18.8. The number of carboxylic acid groups (broad SMARTS) is 1. The van der Waals surface area contributed by atoms with E-state index in [-0.39, 0.29) is 11.5 Å². The van der Waals surface area contributed by atoms with E-state index in [4.69, 9.17) is 4.74 Å². The summed E-state index contributed by atoms with van der Waals surface area (Å²) in [7, 11) is 3.45. The average Bonchev–Trinajstić information content (AvgIpc) is 2.60. The number of carbonyl (C=O) groups excluding carboxylic acids is 1. The molecule has 0 bridgehead atoms. The summed E-state index contributed by atoms with van der Waals surface area (Å²) in [5.74, 6) is -1.64. The third-order valence-corrected chi connectivity index (χ3v) is 4.32. The van der Waals surface area contributed by atoms with E-state index in [0.29, 0.717) is 12.0 Å². The highest BCUT2D eigenvalue weighted by atomic mass is 16.5. The number of benzene rings is 2. The summed E-state index contributed by atoms with van der Waals surface area (Å²) >= 11 is 0. The van der Waals surface area contributed by atoms with Gasteiger partial charge in [-0.2, -0.15) is 0 Å². The lowest BCUT2D eigenvalue weighted by Gasteiger charge is -2.22. The van der Waals surface area contributed by atoms with Crippen LogP contribution in [-0.2, 0) is 17.8 Å². The summed E-state index contributed by atoms with van der Waals surface area (Å²) in [4.78, 5) is 13.4. The number of ether oxygens (including phenoxy) is 1.